The molecule has 1 aromatic heterocycles. The van der Waals surface area contributed by atoms with Crippen LogP contribution in [0.25, 0.3) is 11.3 Å². The molecule has 2 rings (SSSR count). The molecule has 0 spiro atoms. The molecule has 2 N–H and O–H groups in total. The van der Waals surface area contributed by atoms with E-state index in [-0.39, 0.29) is 28.5 Å². The average Bonchev–Trinajstić information content (AvgIpc) is 2.83. The van der Waals surface area contributed by atoms with Crippen molar-refractivity contribution >= 4 is 5.88 Å². The van der Waals surface area contributed by atoms with Crippen LogP contribution < -0.4 is 15.2 Å². The van der Waals surface area contributed by atoms with Crippen LogP contribution in [-0.4, -0.2) is 19.4 Å². The Hall–Kier alpha value is -2.31. The fourth-order valence-corrected chi connectivity index (χ4v) is 1.71. The molecule has 0 aliphatic carbocycles. The van der Waals surface area contributed by atoms with Crippen molar-refractivity contribution in [2.75, 3.05) is 20.0 Å². The van der Waals surface area contributed by atoms with E-state index in [9.17, 15) is 8.78 Å². The summed E-state index contributed by atoms with van der Waals surface area (Å²) in [6.45, 7) is 0. The van der Waals surface area contributed by atoms with Gasteiger partial charge in [0.25, 0.3) is 6.43 Å². The van der Waals surface area contributed by atoms with Crippen molar-refractivity contribution in [3.63, 3.8) is 0 Å². The number of aromatic nitrogens is 1. The molecule has 7 heteroatoms. The Kier molecular flexibility index (Phi) is 3.55. The largest absolute Gasteiger partial charge is 0.493 e. The van der Waals surface area contributed by atoms with Crippen LogP contribution in [0, 0.1) is 0 Å². The first-order valence-electron chi connectivity index (χ1n) is 5.33. The monoisotopic (exact) mass is 270 g/mol. The molecule has 0 unspecified atom stereocenters. The number of nitrogens with zero attached hydrogens (tertiary/aromatic N) is 1. The fourth-order valence-electron chi connectivity index (χ4n) is 1.71. The average molecular weight is 270 g/mol. The Labute approximate surface area is 107 Å². The van der Waals surface area contributed by atoms with Crippen LogP contribution in [0.2, 0.25) is 0 Å². The molecule has 0 saturated heterocycles. The topological polar surface area (TPSA) is 70.5 Å². The molecule has 0 radical (unpaired) electrons. The quantitative estimate of drug-likeness (QED) is 0.924. The van der Waals surface area contributed by atoms with Gasteiger partial charge in [0.1, 0.15) is 5.69 Å². The number of rotatable bonds is 4. The maximum absolute atomic E-state index is 13.1. The minimum absolute atomic E-state index is 0.0463. The summed E-state index contributed by atoms with van der Waals surface area (Å²) in [5.74, 6) is 0.589. The molecule has 1 heterocycles. The van der Waals surface area contributed by atoms with Gasteiger partial charge in [-0.15, -0.1) is 0 Å². The first kappa shape index (κ1) is 13.1. The zero-order valence-electron chi connectivity index (χ0n) is 10.3. The lowest BCUT2D eigenvalue weighted by Gasteiger charge is -2.13. The van der Waals surface area contributed by atoms with Crippen LogP contribution in [0.5, 0.6) is 11.5 Å². The third kappa shape index (κ3) is 2.44. The van der Waals surface area contributed by atoms with E-state index >= 15 is 0 Å². The number of methoxy groups -OCH3 is 2. The number of hydrogen-bond donors (Lipinski definition) is 1. The van der Waals surface area contributed by atoms with Crippen LogP contribution in [0.4, 0.5) is 14.7 Å². The summed E-state index contributed by atoms with van der Waals surface area (Å²) in [5.41, 5.74) is 5.57. The van der Waals surface area contributed by atoms with Crippen molar-refractivity contribution in [1.82, 2.24) is 5.16 Å². The van der Waals surface area contributed by atoms with E-state index in [1.807, 2.05) is 0 Å². The number of alkyl halides is 2. The molecule has 19 heavy (non-hydrogen) atoms. The van der Waals surface area contributed by atoms with Gasteiger partial charge in [-0.2, -0.15) is 0 Å². The van der Waals surface area contributed by atoms with Gasteiger partial charge in [0.2, 0.25) is 5.88 Å². The van der Waals surface area contributed by atoms with Gasteiger partial charge in [0, 0.05) is 17.2 Å². The molecular weight excluding hydrogens is 258 g/mol. The Morgan fingerprint density at radius 3 is 2.26 bits per heavy atom. The molecule has 2 aromatic rings. The van der Waals surface area contributed by atoms with Crippen molar-refractivity contribution in [1.29, 1.82) is 0 Å². The zero-order valence-corrected chi connectivity index (χ0v) is 10.3. The summed E-state index contributed by atoms with van der Waals surface area (Å²) in [7, 11) is 2.79. The molecule has 0 atom stereocenters. The normalized spacial score (nSPS) is 10.8. The van der Waals surface area contributed by atoms with Gasteiger partial charge in [-0.25, -0.2) is 8.78 Å². The lowest BCUT2D eigenvalue weighted by molar-refractivity contribution is 0.151. The van der Waals surface area contributed by atoms with E-state index in [0.717, 1.165) is 0 Å². The van der Waals surface area contributed by atoms with E-state index < -0.39 is 6.43 Å². The van der Waals surface area contributed by atoms with Crippen LogP contribution >= 0.6 is 0 Å². The summed E-state index contributed by atoms with van der Waals surface area (Å²) < 4.78 is 40.9. The third-order valence-electron chi connectivity index (χ3n) is 2.60. The summed E-state index contributed by atoms with van der Waals surface area (Å²) in [5, 5.41) is 3.63. The van der Waals surface area contributed by atoms with E-state index in [2.05, 4.69) is 5.16 Å². The Bertz CT molecular complexity index is 584. The molecular formula is C12H12F2N2O3. The lowest BCUT2D eigenvalue weighted by atomic mass is 10.0. The van der Waals surface area contributed by atoms with Crippen LogP contribution in [0.3, 0.4) is 0 Å². The highest BCUT2D eigenvalue weighted by molar-refractivity contribution is 5.70. The molecule has 0 aliphatic rings. The van der Waals surface area contributed by atoms with Crippen molar-refractivity contribution in [2.24, 2.45) is 0 Å². The van der Waals surface area contributed by atoms with Gasteiger partial charge in [0.05, 0.1) is 14.2 Å². The van der Waals surface area contributed by atoms with E-state index in [4.69, 9.17) is 19.7 Å². The van der Waals surface area contributed by atoms with E-state index in [1.165, 1.54) is 32.4 Å². The molecule has 0 saturated carbocycles. The minimum Gasteiger partial charge on any atom is -0.493 e. The third-order valence-corrected chi connectivity index (χ3v) is 2.60. The van der Waals surface area contributed by atoms with Crippen molar-refractivity contribution < 1.29 is 22.8 Å². The second kappa shape index (κ2) is 5.13. The molecule has 0 bridgehead atoms. The summed E-state index contributed by atoms with van der Waals surface area (Å²) in [6.07, 6.45) is -2.69. The standard InChI is InChI=1S/C12H12F2N2O3/c1-17-9-3-6(8-5-11(15)19-16-8)7(12(13)14)4-10(9)18-2/h3-5,12H,15H2,1-2H3. The number of benzene rings is 1. The summed E-state index contributed by atoms with van der Waals surface area (Å²) >= 11 is 0. The van der Waals surface area contributed by atoms with Gasteiger partial charge in [0.15, 0.2) is 11.5 Å². The highest BCUT2D eigenvalue weighted by Crippen LogP contribution is 2.39. The smallest absolute Gasteiger partial charge is 0.264 e. The number of hydrogen-bond acceptors (Lipinski definition) is 5. The predicted molar refractivity (Wildman–Crippen MR) is 64.4 cm³/mol. The maximum atomic E-state index is 13.1. The van der Waals surface area contributed by atoms with Crippen molar-refractivity contribution in [3.05, 3.63) is 23.8 Å². The van der Waals surface area contributed by atoms with Gasteiger partial charge in [-0.1, -0.05) is 5.16 Å². The molecule has 102 valence electrons. The van der Waals surface area contributed by atoms with Gasteiger partial charge in [-0.3, -0.25) is 0 Å². The first-order valence-corrected chi connectivity index (χ1v) is 5.33. The van der Waals surface area contributed by atoms with Crippen molar-refractivity contribution in [2.45, 2.75) is 6.43 Å². The SMILES string of the molecule is COc1cc(-c2cc(N)on2)c(C(F)F)cc1OC. The second-order valence-electron chi connectivity index (χ2n) is 3.71. The summed E-state index contributed by atoms with van der Waals surface area (Å²) in [6, 6.07) is 3.99. The highest BCUT2D eigenvalue weighted by Gasteiger charge is 2.21. The van der Waals surface area contributed by atoms with Crippen LogP contribution in [-0.2, 0) is 0 Å². The molecule has 1 aromatic carbocycles. The Balaban J connectivity index is 2.63. The molecule has 0 aliphatic heterocycles. The van der Waals surface area contributed by atoms with Gasteiger partial charge in [-0.05, 0) is 12.1 Å². The second-order valence-corrected chi connectivity index (χ2v) is 3.71. The molecule has 0 amide bonds. The van der Waals surface area contributed by atoms with Gasteiger partial charge >= 0.3 is 0 Å². The summed E-state index contributed by atoms with van der Waals surface area (Å²) in [4.78, 5) is 0. The zero-order chi connectivity index (χ0) is 14.0. The van der Waals surface area contributed by atoms with Crippen LogP contribution in [0.1, 0.15) is 12.0 Å². The number of nitrogens with two attached hydrogens (primary N) is 1. The Morgan fingerprint density at radius 2 is 1.79 bits per heavy atom. The lowest BCUT2D eigenvalue weighted by Crippen LogP contribution is -1.96. The first-order chi connectivity index (χ1) is 9.06. The number of anilines is 1. The maximum Gasteiger partial charge on any atom is 0.264 e. The number of ether oxygens (including phenoxy) is 2. The van der Waals surface area contributed by atoms with E-state index in [1.54, 1.807) is 0 Å². The minimum atomic E-state index is -2.69. The van der Waals surface area contributed by atoms with Crippen LogP contribution in [0.15, 0.2) is 22.7 Å². The van der Waals surface area contributed by atoms with Gasteiger partial charge < -0.3 is 19.7 Å². The highest BCUT2D eigenvalue weighted by atomic mass is 19.3. The Morgan fingerprint density at radius 1 is 1.16 bits per heavy atom. The van der Waals surface area contributed by atoms with Crippen molar-refractivity contribution in [3.8, 4) is 22.8 Å². The predicted octanol–water partition coefficient (Wildman–Crippen LogP) is 2.88. The van der Waals surface area contributed by atoms with E-state index in [0.29, 0.717) is 5.75 Å². The number of nitrogen functional groups attached to an aromatic ring is 1. The number of halogens is 2. The molecule has 5 nitrogen and oxygen atoms in total. The molecule has 0 fully saturated rings. The fraction of sp³-hybridized carbons (Fsp3) is 0.250.